The highest BCUT2D eigenvalue weighted by molar-refractivity contribution is 6.37. The largest absolute Gasteiger partial charge is 0.494 e. The van der Waals surface area contributed by atoms with Gasteiger partial charge in [0.1, 0.15) is 11.3 Å². The molecule has 1 aromatic carbocycles. The molecule has 0 amide bonds. The van der Waals surface area contributed by atoms with E-state index in [0.717, 1.165) is 32.6 Å². The summed E-state index contributed by atoms with van der Waals surface area (Å²) < 4.78 is 5.31. The van der Waals surface area contributed by atoms with Crippen molar-refractivity contribution in [2.45, 2.75) is 0 Å². The topological polar surface area (TPSA) is 37.9 Å². The molecule has 3 nitrogen and oxygen atoms in total. The average Bonchev–Trinajstić information content (AvgIpc) is 2.76. The molecule has 0 atom stereocenters. The van der Waals surface area contributed by atoms with Crippen LogP contribution in [0.4, 0.5) is 0 Å². The van der Waals surface area contributed by atoms with Gasteiger partial charge >= 0.3 is 0 Å². The molecular weight excluding hydrogens is 224 g/mol. The van der Waals surface area contributed by atoms with E-state index in [0.29, 0.717) is 0 Å². The quantitative estimate of drug-likeness (QED) is 0.699. The zero-order valence-corrected chi connectivity index (χ0v) is 9.38. The Labute approximate surface area is 97.0 Å². The van der Waals surface area contributed by atoms with E-state index in [-0.39, 0.29) is 0 Å². The molecule has 0 aliphatic rings. The molecule has 2 heterocycles. The molecule has 3 aromatic rings. The van der Waals surface area contributed by atoms with Crippen molar-refractivity contribution in [3.8, 4) is 5.75 Å². The number of nitrogens with zero attached hydrogens (tertiary/aromatic N) is 1. The first-order valence-electron chi connectivity index (χ1n) is 4.89. The predicted octanol–water partition coefficient (Wildman–Crippen LogP) is 3.38. The van der Waals surface area contributed by atoms with Gasteiger partial charge in [-0.3, -0.25) is 4.98 Å². The minimum absolute atomic E-state index is 0.717. The fourth-order valence-electron chi connectivity index (χ4n) is 1.96. The zero-order valence-electron chi connectivity index (χ0n) is 8.62. The first kappa shape index (κ1) is 9.48. The summed E-state index contributed by atoms with van der Waals surface area (Å²) in [4.78, 5) is 7.44. The first-order valence-corrected chi connectivity index (χ1v) is 5.27. The van der Waals surface area contributed by atoms with E-state index < -0.39 is 0 Å². The number of fused-ring (bicyclic) bond motifs is 3. The molecule has 1 N–H and O–H groups in total. The lowest BCUT2D eigenvalue weighted by Crippen LogP contribution is -1.87. The van der Waals surface area contributed by atoms with Crippen molar-refractivity contribution in [2.24, 2.45) is 0 Å². The maximum absolute atomic E-state index is 6.20. The number of pyridine rings is 1. The third kappa shape index (κ3) is 1.18. The molecule has 0 unspecified atom stereocenters. The number of benzene rings is 1. The van der Waals surface area contributed by atoms with Gasteiger partial charge in [-0.05, 0) is 12.1 Å². The number of nitrogens with one attached hydrogen (secondary N) is 1. The number of H-pyrrole nitrogens is 1. The summed E-state index contributed by atoms with van der Waals surface area (Å²) >= 11 is 6.20. The molecule has 0 spiro atoms. The van der Waals surface area contributed by atoms with Gasteiger partial charge in [-0.15, -0.1) is 0 Å². The van der Waals surface area contributed by atoms with Crippen LogP contribution in [0, 0.1) is 0 Å². The smallest absolute Gasteiger partial charge is 0.147 e. The van der Waals surface area contributed by atoms with Gasteiger partial charge in [0.15, 0.2) is 0 Å². The van der Waals surface area contributed by atoms with Crippen LogP contribution in [-0.4, -0.2) is 17.1 Å². The van der Waals surface area contributed by atoms with Crippen molar-refractivity contribution in [1.82, 2.24) is 9.97 Å². The third-order valence-corrected chi connectivity index (χ3v) is 2.99. The van der Waals surface area contributed by atoms with Crippen LogP contribution >= 0.6 is 11.6 Å². The standard InChI is InChI=1S/C12H9ClN2O/c1-16-10-6-9-11(8(13)3-5-14-9)7-2-4-15-12(7)10/h2-6,14H,1H3. The van der Waals surface area contributed by atoms with E-state index in [9.17, 15) is 0 Å². The number of halogens is 1. The molecule has 0 aliphatic carbocycles. The van der Waals surface area contributed by atoms with E-state index in [4.69, 9.17) is 16.3 Å². The van der Waals surface area contributed by atoms with Crippen LogP contribution in [0.5, 0.6) is 5.75 Å². The van der Waals surface area contributed by atoms with Gasteiger partial charge in [0.05, 0.1) is 17.6 Å². The molecule has 4 heteroatoms. The minimum Gasteiger partial charge on any atom is -0.494 e. The van der Waals surface area contributed by atoms with Crippen molar-refractivity contribution < 1.29 is 4.74 Å². The number of methoxy groups -OCH3 is 1. The first-order chi connectivity index (χ1) is 7.81. The Morgan fingerprint density at radius 2 is 2.25 bits per heavy atom. The van der Waals surface area contributed by atoms with E-state index in [1.807, 2.05) is 24.4 Å². The lowest BCUT2D eigenvalue weighted by Gasteiger charge is -2.06. The maximum Gasteiger partial charge on any atom is 0.147 e. The summed E-state index contributed by atoms with van der Waals surface area (Å²) in [7, 11) is 1.64. The summed E-state index contributed by atoms with van der Waals surface area (Å²) in [6.45, 7) is 0. The fraction of sp³-hybridized carbons (Fsp3) is 0.0833. The number of aromatic amines is 1. The molecule has 3 rings (SSSR count). The summed E-state index contributed by atoms with van der Waals surface area (Å²) in [6, 6.07) is 5.69. The van der Waals surface area contributed by atoms with E-state index in [1.165, 1.54) is 0 Å². The van der Waals surface area contributed by atoms with Crippen molar-refractivity contribution in [3.05, 3.63) is 35.6 Å². The van der Waals surface area contributed by atoms with Gasteiger partial charge in [-0.2, -0.15) is 0 Å². The number of aromatic nitrogens is 2. The fourth-order valence-corrected chi connectivity index (χ4v) is 2.23. The Morgan fingerprint density at radius 1 is 1.38 bits per heavy atom. The van der Waals surface area contributed by atoms with Crippen LogP contribution in [0.2, 0.25) is 5.02 Å². The Kier molecular flexibility index (Phi) is 2.01. The monoisotopic (exact) mass is 232 g/mol. The van der Waals surface area contributed by atoms with E-state index in [2.05, 4.69) is 9.97 Å². The summed E-state index contributed by atoms with van der Waals surface area (Å²) in [5.41, 5.74) is 1.79. The zero-order chi connectivity index (χ0) is 11.1. The average molecular weight is 233 g/mol. The van der Waals surface area contributed by atoms with Gasteiger partial charge < -0.3 is 9.72 Å². The predicted molar refractivity (Wildman–Crippen MR) is 65.2 cm³/mol. The third-order valence-electron chi connectivity index (χ3n) is 2.67. The molecule has 16 heavy (non-hydrogen) atoms. The Hall–Kier alpha value is -1.74. The number of ether oxygens (including phenoxy) is 1. The van der Waals surface area contributed by atoms with Crippen molar-refractivity contribution in [3.63, 3.8) is 0 Å². The SMILES string of the molecule is COc1cc2[nH]ccc(Cl)c2c2ccnc12. The van der Waals surface area contributed by atoms with E-state index in [1.54, 1.807) is 13.3 Å². The molecule has 80 valence electrons. The number of rotatable bonds is 1. The molecule has 0 aliphatic heterocycles. The molecule has 0 saturated heterocycles. The van der Waals surface area contributed by atoms with Gasteiger partial charge in [0.25, 0.3) is 0 Å². The van der Waals surface area contributed by atoms with Crippen LogP contribution in [0.25, 0.3) is 21.8 Å². The summed E-state index contributed by atoms with van der Waals surface area (Å²) in [6.07, 6.45) is 3.57. The van der Waals surface area contributed by atoms with Crippen molar-refractivity contribution in [1.29, 1.82) is 0 Å². The molecule has 2 aromatic heterocycles. The van der Waals surface area contributed by atoms with Crippen LogP contribution in [0.1, 0.15) is 0 Å². The lowest BCUT2D eigenvalue weighted by molar-refractivity contribution is 0.419. The minimum atomic E-state index is 0.717. The Morgan fingerprint density at radius 3 is 3.06 bits per heavy atom. The van der Waals surface area contributed by atoms with Crippen molar-refractivity contribution >= 4 is 33.4 Å². The van der Waals surface area contributed by atoms with Gasteiger partial charge in [-0.1, -0.05) is 11.6 Å². The second-order valence-electron chi connectivity index (χ2n) is 3.53. The van der Waals surface area contributed by atoms with Crippen molar-refractivity contribution in [2.75, 3.05) is 7.11 Å². The second kappa shape index (κ2) is 3.39. The Balaban J connectivity index is 2.60. The van der Waals surface area contributed by atoms with Gasteiger partial charge in [0, 0.05) is 29.2 Å². The van der Waals surface area contributed by atoms with Gasteiger partial charge in [-0.25, -0.2) is 0 Å². The van der Waals surface area contributed by atoms with Gasteiger partial charge in [0.2, 0.25) is 0 Å². The molecule has 0 saturated carbocycles. The molecule has 0 fully saturated rings. The van der Waals surface area contributed by atoms with Crippen LogP contribution in [0.3, 0.4) is 0 Å². The highest BCUT2D eigenvalue weighted by Crippen LogP contribution is 2.34. The molecule has 0 bridgehead atoms. The van der Waals surface area contributed by atoms with Crippen LogP contribution < -0.4 is 4.74 Å². The summed E-state index contributed by atoms with van der Waals surface area (Å²) in [5, 5.41) is 2.71. The molecular formula is C12H9ClN2O. The maximum atomic E-state index is 6.20. The Bertz CT molecular complexity index is 675. The number of hydrogen-bond donors (Lipinski definition) is 1. The van der Waals surface area contributed by atoms with Crippen LogP contribution in [-0.2, 0) is 0 Å². The van der Waals surface area contributed by atoms with E-state index >= 15 is 0 Å². The lowest BCUT2D eigenvalue weighted by atomic mass is 10.1. The molecule has 0 radical (unpaired) electrons. The highest BCUT2D eigenvalue weighted by Gasteiger charge is 2.10. The normalized spacial score (nSPS) is 11.1. The number of hydrogen-bond acceptors (Lipinski definition) is 2. The highest BCUT2D eigenvalue weighted by atomic mass is 35.5. The van der Waals surface area contributed by atoms with Crippen LogP contribution in [0.15, 0.2) is 30.6 Å². The summed E-state index contributed by atoms with van der Waals surface area (Å²) in [5.74, 6) is 0.756. The second-order valence-corrected chi connectivity index (χ2v) is 3.94.